The Morgan fingerprint density at radius 2 is 1.89 bits per heavy atom. The van der Waals surface area contributed by atoms with Crippen LogP contribution in [0.25, 0.3) is 10.9 Å². The molecule has 4 nitrogen and oxygen atoms in total. The predicted octanol–water partition coefficient (Wildman–Crippen LogP) is 4.10. The van der Waals surface area contributed by atoms with E-state index in [-0.39, 0.29) is 12.0 Å². The molecule has 0 aliphatic carbocycles. The van der Waals surface area contributed by atoms with E-state index in [1.807, 2.05) is 23.1 Å². The molecule has 1 unspecified atom stereocenters. The zero-order valence-corrected chi connectivity index (χ0v) is 15.8. The molecule has 2 aromatic carbocycles. The lowest BCUT2D eigenvalue weighted by Gasteiger charge is -2.33. The van der Waals surface area contributed by atoms with Gasteiger partial charge in [0.15, 0.2) is 0 Å². The van der Waals surface area contributed by atoms with E-state index in [4.69, 9.17) is 4.74 Å². The van der Waals surface area contributed by atoms with Gasteiger partial charge in [-0.15, -0.1) is 0 Å². The summed E-state index contributed by atoms with van der Waals surface area (Å²) in [4.78, 5) is 14.7. The van der Waals surface area contributed by atoms with Crippen molar-refractivity contribution in [3.05, 3.63) is 71.9 Å². The molecule has 1 fully saturated rings. The van der Waals surface area contributed by atoms with Gasteiger partial charge in [0.2, 0.25) is 5.91 Å². The average Bonchev–Trinajstić information content (AvgIpc) is 3.05. The van der Waals surface area contributed by atoms with Crippen LogP contribution in [0.5, 0.6) is 0 Å². The third-order valence-electron chi connectivity index (χ3n) is 5.41. The summed E-state index contributed by atoms with van der Waals surface area (Å²) in [5, 5.41) is 1.29. The lowest BCUT2D eigenvalue weighted by molar-refractivity contribution is -0.139. The van der Waals surface area contributed by atoms with Crippen molar-refractivity contribution in [2.45, 2.75) is 25.4 Å². The fraction of sp³-hybridized carbons (Fsp3) is 0.348. The number of aryl methyl sites for hydroxylation is 2. The molecular weight excluding hydrogens is 336 g/mol. The molecule has 0 bridgehead atoms. The van der Waals surface area contributed by atoms with E-state index < -0.39 is 0 Å². The van der Waals surface area contributed by atoms with Crippen LogP contribution in [-0.2, 0) is 23.0 Å². The van der Waals surface area contributed by atoms with Crippen molar-refractivity contribution < 1.29 is 9.53 Å². The Labute approximate surface area is 160 Å². The normalized spacial score (nSPS) is 17.4. The first-order chi connectivity index (χ1) is 13.2. The molecule has 4 heteroatoms. The van der Waals surface area contributed by atoms with Gasteiger partial charge in [-0.1, -0.05) is 48.5 Å². The van der Waals surface area contributed by atoms with Crippen molar-refractivity contribution in [1.82, 2.24) is 9.47 Å². The summed E-state index contributed by atoms with van der Waals surface area (Å²) in [6, 6.07) is 18.6. The Bertz CT molecular complexity index is 917. The Balaban J connectivity index is 1.34. The van der Waals surface area contributed by atoms with Crippen LogP contribution in [0, 0.1) is 0 Å². The van der Waals surface area contributed by atoms with E-state index in [9.17, 15) is 4.79 Å². The lowest BCUT2D eigenvalue weighted by Crippen LogP contribution is -2.42. The van der Waals surface area contributed by atoms with Crippen molar-refractivity contribution in [3.8, 4) is 0 Å². The van der Waals surface area contributed by atoms with E-state index >= 15 is 0 Å². The summed E-state index contributed by atoms with van der Waals surface area (Å²) in [5.41, 5.74) is 3.72. The molecule has 3 aromatic rings. The number of carbonyl (C=O) groups is 1. The number of carbonyl (C=O) groups excluding carboxylic acids is 1. The minimum Gasteiger partial charge on any atom is -0.370 e. The Kier molecular flexibility index (Phi) is 5.26. The highest BCUT2D eigenvalue weighted by atomic mass is 16.5. The molecule has 1 aliphatic rings. The molecule has 0 saturated carbocycles. The van der Waals surface area contributed by atoms with Crippen molar-refractivity contribution in [1.29, 1.82) is 0 Å². The predicted molar refractivity (Wildman–Crippen MR) is 108 cm³/mol. The van der Waals surface area contributed by atoms with Crippen LogP contribution < -0.4 is 0 Å². The number of amides is 1. The summed E-state index contributed by atoms with van der Waals surface area (Å²) in [6.45, 7) is 1.95. The topological polar surface area (TPSA) is 34.5 Å². The van der Waals surface area contributed by atoms with Gasteiger partial charge in [0.25, 0.3) is 0 Å². The molecular formula is C23H26N2O2. The Morgan fingerprint density at radius 3 is 2.74 bits per heavy atom. The van der Waals surface area contributed by atoms with Gasteiger partial charge in [-0.25, -0.2) is 0 Å². The summed E-state index contributed by atoms with van der Waals surface area (Å²) in [5.74, 6) is 0.236. The van der Waals surface area contributed by atoms with Crippen molar-refractivity contribution >= 4 is 16.8 Å². The standard InChI is InChI=1S/C23H26N2O2/c1-24-16-19(20-11-5-6-12-21(20)24)10-7-13-23(26)25-14-15-27-22(17-25)18-8-3-2-4-9-18/h2-6,8-9,11-12,16,22H,7,10,13-15,17H2,1H3. The van der Waals surface area contributed by atoms with Gasteiger partial charge in [-0.2, -0.15) is 0 Å². The molecule has 0 spiro atoms. The number of nitrogens with zero attached hydrogens (tertiary/aromatic N) is 2. The van der Waals surface area contributed by atoms with Crippen molar-refractivity contribution in [2.75, 3.05) is 19.7 Å². The van der Waals surface area contributed by atoms with Gasteiger partial charge >= 0.3 is 0 Å². The first kappa shape index (κ1) is 17.8. The number of para-hydroxylation sites is 1. The number of benzene rings is 2. The minimum absolute atomic E-state index is 0.0121. The molecule has 1 aromatic heterocycles. The summed E-state index contributed by atoms with van der Waals surface area (Å²) < 4.78 is 8.04. The lowest BCUT2D eigenvalue weighted by atomic mass is 10.1. The van der Waals surface area contributed by atoms with Crippen LogP contribution in [0.1, 0.15) is 30.1 Å². The average molecular weight is 362 g/mol. The summed E-state index contributed by atoms with van der Waals surface area (Å²) in [7, 11) is 2.08. The largest absolute Gasteiger partial charge is 0.370 e. The maximum Gasteiger partial charge on any atom is 0.222 e. The number of hydrogen-bond donors (Lipinski definition) is 0. The fourth-order valence-corrected chi connectivity index (χ4v) is 3.96. The zero-order valence-electron chi connectivity index (χ0n) is 15.8. The van der Waals surface area contributed by atoms with Gasteiger partial charge < -0.3 is 14.2 Å². The van der Waals surface area contributed by atoms with Crippen molar-refractivity contribution in [2.24, 2.45) is 7.05 Å². The number of aromatic nitrogens is 1. The second kappa shape index (κ2) is 7.97. The maximum atomic E-state index is 12.7. The van der Waals surface area contributed by atoms with E-state index in [1.54, 1.807) is 0 Å². The summed E-state index contributed by atoms with van der Waals surface area (Å²) in [6.07, 6.45) is 4.57. The van der Waals surface area contributed by atoms with Gasteiger partial charge in [0, 0.05) is 37.1 Å². The molecule has 2 heterocycles. The maximum absolute atomic E-state index is 12.7. The second-order valence-corrected chi connectivity index (χ2v) is 7.25. The molecule has 1 atom stereocenters. The Morgan fingerprint density at radius 1 is 1.11 bits per heavy atom. The molecule has 0 N–H and O–H groups in total. The zero-order chi connectivity index (χ0) is 18.6. The molecule has 27 heavy (non-hydrogen) atoms. The number of ether oxygens (including phenoxy) is 1. The van der Waals surface area contributed by atoms with Crippen LogP contribution in [0.3, 0.4) is 0 Å². The number of morpholine rings is 1. The SMILES string of the molecule is Cn1cc(CCCC(=O)N2CCOC(c3ccccc3)C2)c2ccccc21. The fourth-order valence-electron chi connectivity index (χ4n) is 3.96. The first-order valence-electron chi connectivity index (χ1n) is 9.69. The van der Waals surface area contributed by atoms with Crippen molar-refractivity contribution in [3.63, 3.8) is 0 Å². The van der Waals surface area contributed by atoms with Gasteiger partial charge in [-0.05, 0) is 30.0 Å². The highest BCUT2D eigenvalue weighted by molar-refractivity contribution is 5.84. The monoisotopic (exact) mass is 362 g/mol. The molecule has 0 radical (unpaired) electrons. The van der Waals surface area contributed by atoms with E-state index in [2.05, 4.69) is 54.2 Å². The highest BCUT2D eigenvalue weighted by Crippen LogP contribution is 2.24. The van der Waals surface area contributed by atoms with E-state index in [0.717, 1.165) is 18.4 Å². The summed E-state index contributed by atoms with van der Waals surface area (Å²) >= 11 is 0. The molecule has 140 valence electrons. The van der Waals surface area contributed by atoms with E-state index in [1.165, 1.54) is 16.5 Å². The van der Waals surface area contributed by atoms with Crippen LogP contribution in [0.2, 0.25) is 0 Å². The third kappa shape index (κ3) is 3.91. The smallest absolute Gasteiger partial charge is 0.222 e. The molecule has 1 saturated heterocycles. The number of fused-ring (bicyclic) bond motifs is 1. The van der Waals surface area contributed by atoms with Crippen LogP contribution >= 0.6 is 0 Å². The third-order valence-corrected chi connectivity index (χ3v) is 5.41. The quantitative estimate of drug-likeness (QED) is 0.685. The highest BCUT2D eigenvalue weighted by Gasteiger charge is 2.24. The van der Waals surface area contributed by atoms with Gasteiger partial charge in [0.05, 0.1) is 13.2 Å². The second-order valence-electron chi connectivity index (χ2n) is 7.25. The van der Waals surface area contributed by atoms with Gasteiger partial charge in [-0.3, -0.25) is 4.79 Å². The Hall–Kier alpha value is -2.59. The molecule has 4 rings (SSSR count). The van der Waals surface area contributed by atoms with E-state index in [0.29, 0.717) is 26.1 Å². The number of hydrogen-bond acceptors (Lipinski definition) is 2. The van der Waals surface area contributed by atoms with Crippen LogP contribution in [0.15, 0.2) is 60.8 Å². The van der Waals surface area contributed by atoms with Gasteiger partial charge in [0.1, 0.15) is 6.10 Å². The number of rotatable bonds is 5. The molecule has 1 aliphatic heterocycles. The minimum atomic E-state index is -0.0121. The molecule has 1 amide bonds. The van der Waals surface area contributed by atoms with Crippen LogP contribution in [0.4, 0.5) is 0 Å². The first-order valence-corrected chi connectivity index (χ1v) is 9.69. The van der Waals surface area contributed by atoms with Crippen LogP contribution in [-0.4, -0.2) is 35.1 Å².